The minimum absolute atomic E-state index is 0.363. The Morgan fingerprint density at radius 3 is 2.76 bits per heavy atom. The second-order valence-electron chi connectivity index (χ2n) is 3.51. The lowest BCUT2D eigenvalue weighted by molar-refractivity contribution is 0.578. The zero-order chi connectivity index (χ0) is 12.7. The molecular formula is C10H16BrNO2S3. The molecule has 3 nitrogen and oxygen atoms in total. The first-order valence-electron chi connectivity index (χ1n) is 5.29. The van der Waals surface area contributed by atoms with Crippen LogP contribution in [-0.4, -0.2) is 27.0 Å². The van der Waals surface area contributed by atoms with Gasteiger partial charge in [0.1, 0.15) is 4.21 Å². The maximum atomic E-state index is 11.9. The van der Waals surface area contributed by atoms with Gasteiger partial charge in [-0.3, -0.25) is 0 Å². The van der Waals surface area contributed by atoms with E-state index in [1.807, 2.05) is 11.8 Å². The molecule has 0 radical (unpaired) electrons. The first kappa shape index (κ1) is 15.5. The van der Waals surface area contributed by atoms with E-state index in [1.54, 1.807) is 11.4 Å². The van der Waals surface area contributed by atoms with Crippen molar-refractivity contribution in [2.75, 3.05) is 18.6 Å². The number of hydrogen-bond donors (Lipinski definition) is 1. The molecule has 0 amide bonds. The number of rotatable bonds is 8. The third kappa shape index (κ3) is 5.30. The summed E-state index contributed by atoms with van der Waals surface area (Å²) in [5, 5.41) is 1.76. The lowest BCUT2D eigenvalue weighted by atomic mass is 10.2. The highest BCUT2D eigenvalue weighted by Gasteiger charge is 2.17. The van der Waals surface area contributed by atoms with E-state index in [9.17, 15) is 8.42 Å². The molecule has 0 saturated carbocycles. The van der Waals surface area contributed by atoms with Crippen molar-refractivity contribution >= 4 is 49.1 Å². The van der Waals surface area contributed by atoms with Crippen molar-refractivity contribution in [2.45, 2.75) is 23.5 Å². The third-order valence-corrected chi connectivity index (χ3v) is 6.97. The van der Waals surface area contributed by atoms with E-state index >= 15 is 0 Å². The molecule has 1 N–H and O–H groups in total. The maximum absolute atomic E-state index is 11.9. The largest absolute Gasteiger partial charge is 0.251 e. The number of unbranched alkanes of at least 4 members (excludes halogenated alkanes) is 2. The Morgan fingerprint density at radius 2 is 2.18 bits per heavy atom. The van der Waals surface area contributed by atoms with Crippen molar-refractivity contribution in [1.82, 2.24) is 4.72 Å². The molecule has 0 aromatic carbocycles. The number of halogens is 1. The Bertz CT molecular complexity index is 431. The highest BCUT2D eigenvalue weighted by Crippen LogP contribution is 2.27. The Morgan fingerprint density at radius 1 is 1.41 bits per heavy atom. The van der Waals surface area contributed by atoms with Crippen LogP contribution in [0.15, 0.2) is 20.1 Å². The van der Waals surface area contributed by atoms with Crippen LogP contribution in [0, 0.1) is 0 Å². The molecule has 1 rings (SSSR count). The van der Waals surface area contributed by atoms with Crippen molar-refractivity contribution in [3.63, 3.8) is 0 Å². The molecule has 0 fully saturated rings. The summed E-state index contributed by atoms with van der Waals surface area (Å²) in [6, 6.07) is 1.75. The average molecular weight is 358 g/mol. The fraction of sp³-hybridized carbons (Fsp3) is 0.600. The molecule has 0 bridgehead atoms. The SMILES string of the molecule is CSCCCCCNS(=O)(=O)c1sccc1Br. The van der Waals surface area contributed by atoms with Crippen molar-refractivity contribution in [3.8, 4) is 0 Å². The van der Waals surface area contributed by atoms with Crippen molar-refractivity contribution in [2.24, 2.45) is 0 Å². The van der Waals surface area contributed by atoms with Gasteiger partial charge in [0.05, 0.1) is 0 Å². The molecule has 0 aliphatic rings. The van der Waals surface area contributed by atoms with Gasteiger partial charge in [-0.25, -0.2) is 13.1 Å². The minimum atomic E-state index is -3.32. The first-order valence-corrected chi connectivity index (χ1v) is 9.84. The quantitative estimate of drug-likeness (QED) is 0.725. The molecular weight excluding hydrogens is 342 g/mol. The van der Waals surface area contributed by atoms with Crippen LogP contribution in [0.4, 0.5) is 0 Å². The molecule has 1 heterocycles. The van der Waals surface area contributed by atoms with E-state index in [4.69, 9.17) is 0 Å². The van der Waals surface area contributed by atoms with Crippen LogP contribution in [0.25, 0.3) is 0 Å². The Kier molecular flexibility index (Phi) is 7.10. The second kappa shape index (κ2) is 7.78. The molecule has 0 aliphatic carbocycles. The second-order valence-corrected chi connectivity index (χ2v) is 8.23. The van der Waals surface area contributed by atoms with Gasteiger partial charge < -0.3 is 0 Å². The number of sulfonamides is 1. The maximum Gasteiger partial charge on any atom is 0.251 e. The van der Waals surface area contributed by atoms with Crippen LogP contribution >= 0.6 is 39.0 Å². The standard InChI is InChI=1S/C10H16BrNO2S3/c1-15-7-4-2-3-6-12-17(13,14)10-9(11)5-8-16-10/h5,8,12H,2-4,6-7H2,1H3. The van der Waals surface area contributed by atoms with E-state index < -0.39 is 10.0 Å². The van der Waals surface area contributed by atoms with E-state index in [2.05, 4.69) is 26.9 Å². The lowest BCUT2D eigenvalue weighted by Gasteiger charge is -2.05. The molecule has 0 aliphatic heterocycles. The molecule has 0 unspecified atom stereocenters. The highest BCUT2D eigenvalue weighted by molar-refractivity contribution is 9.10. The molecule has 0 atom stereocenters. The van der Waals surface area contributed by atoms with Crippen molar-refractivity contribution in [1.29, 1.82) is 0 Å². The van der Waals surface area contributed by atoms with Gasteiger partial charge in [0.2, 0.25) is 0 Å². The topological polar surface area (TPSA) is 46.2 Å². The summed E-state index contributed by atoms with van der Waals surface area (Å²) in [5.74, 6) is 1.14. The lowest BCUT2D eigenvalue weighted by Crippen LogP contribution is -2.24. The summed E-state index contributed by atoms with van der Waals surface area (Å²) >= 11 is 6.28. The predicted molar refractivity (Wildman–Crippen MR) is 79.4 cm³/mol. The zero-order valence-corrected chi connectivity index (χ0v) is 13.6. The first-order chi connectivity index (χ1) is 8.08. The van der Waals surface area contributed by atoms with Crippen molar-refractivity contribution < 1.29 is 8.42 Å². The predicted octanol–water partition coefficient (Wildman–Crippen LogP) is 3.32. The number of hydrogen-bond acceptors (Lipinski definition) is 4. The van der Waals surface area contributed by atoms with E-state index in [-0.39, 0.29) is 0 Å². The molecule has 98 valence electrons. The van der Waals surface area contributed by atoms with Crippen LogP contribution in [0.3, 0.4) is 0 Å². The summed E-state index contributed by atoms with van der Waals surface area (Å²) in [5.41, 5.74) is 0. The van der Waals surface area contributed by atoms with E-state index in [0.29, 0.717) is 15.2 Å². The number of thiophene rings is 1. The van der Waals surface area contributed by atoms with E-state index in [1.165, 1.54) is 11.3 Å². The van der Waals surface area contributed by atoms with Gasteiger partial charge in [-0.15, -0.1) is 11.3 Å². The molecule has 1 aromatic heterocycles. The summed E-state index contributed by atoms with van der Waals surface area (Å²) in [6.07, 6.45) is 5.18. The van der Waals surface area contributed by atoms with Crippen LogP contribution in [0.2, 0.25) is 0 Å². The fourth-order valence-corrected chi connectivity index (χ4v) is 5.24. The zero-order valence-electron chi connectivity index (χ0n) is 9.61. The van der Waals surface area contributed by atoms with Crippen LogP contribution in [0.1, 0.15) is 19.3 Å². The molecule has 0 spiro atoms. The molecule has 0 saturated heterocycles. The Labute approximate surface area is 120 Å². The van der Waals surface area contributed by atoms with Gasteiger partial charge in [0, 0.05) is 11.0 Å². The normalized spacial score (nSPS) is 11.9. The summed E-state index contributed by atoms with van der Waals surface area (Å²) in [4.78, 5) is 0. The van der Waals surface area contributed by atoms with Gasteiger partial charge >= 0.3 is 0 Å². The Balaban J connectivity index is 2.34. The number of thioether (sulfide) groups is 1. The van der Waals surface area contributed by atoms with Gasteiger partial charge in [-0.05, 0) is 52.2 Å². The minimum Gasteiger partial charge on any atom is -0.210 e. The van der Waals surface area contributed by atoms with Crippen LogP contribution in [0.5, 0.6) is 0 Å². The molecule has 17 heavy (non-hydrogen) atoms. The summed E-state index contributed by atoms with van der Waals surface area (Å²) in [6.45, 7) is 0.515. The summed E-state index contributed by atoms with van der Waals surface area (Å²) < 4.78 is 27.4. The summed E-state index contributed by atoms with van der Waals surface area (Å²) in [7, 11) is -3.32. The van der Waals surface area contributed by atoms with Gasteiger partial charge in [-0.1, -0.05) is 6.42 Å². The van der Waals surface area contributed by atoms with Gasteiger partial charge in [0.25, 0.3) is 10.0 Å². The molecule has 7 heteroatoms. The van der Waals surface area contributed by atoms with Gasteiger partial charge in [-0.2, -0.15) is 11.8 Å². The monoisotopic (exact) mass is 357 g/mol. The smallest absolute Gasteiger partial charge is 0.210 e. The van der Waals surface area contributed by atoms with Crippen molar-refractivity contribution in [3.05, 3.63) is 15.9 Å². The van der Waals surface area contributed by atoms with Gasteiger partial charge in [0.15, 0.2) is 0 Å². The third-order valence-electron chi connectivity index (χ3n) is 2.15. The van der Waals surface area contributed by atoms with Crippen LogP contribution in [-0.2, 0) is 10.0 Å². The van der Waals surface area contributed by atoms with Crippen LogP contribution < -0.4 is 4.72 Å². The van der Waals surface area contributed by atoms with E-state index in [0.717, 1.165) is 25.0 Å². The fourth-order valence-electron chi connectivity index (χ4n) is 1.29. The Hall–Kier alpha value is 0.440. The number of nitrogens with one attached hydrogen (secondary N) is 1. The molecule has 1 aromatic rings. The average Bonchev–Trinajstić information content (AvgIpc) is 2.70. The highest BCUT2D eigenvalue weighted by atomic mass is 79.9.